The molecule has 0 atom stereocenters. The minimum atomic E-state index is -0.480. The topological polar surface area (TPSA) is 80.5 Å². The molecule has 0 saturated heterocycles. The molecule has 0 aliphatic heterocycles. The highest BCUT2D eigenvalue weighted by Gasteiger charge is 2.26. The van der Waals surface area contributed by atoms with E-state index in [4.69, 9.17) is 4.74 Å². The fraction of sp³-hybridized carbons (Fsp3) is 0.583. The van der Waals surface area contributed by atoms with Gasteiger partial charge in [-0.05, 0) is 26.0 Å². The maximum Gasteiger partial charge on any atom is 0.331 e. The number of aromatic nitrogens is 1. The van der Waals surface area contributed by atoms with Gasteiger partial charge in [0.25, 0.3) is 5.88 Å². The smallest absolute Gasteiger partial charge is 0.331 e. The number of nitrogens with zero attached hydrogens (tertiary/aromatic N) is 3. The van der Waals surface area contributed by atoms with Gasteiger partial charge < -0.3 is 15.0 Å². The van der Waals surface area contributed by atoms with Gasteiger partial charge in [0, 0.05) is 25.7 Å². The molecule has 0 radical (unpaired) electrons. The molecule has 0 spiro atoms. The SMILES string of the molecule is CNc1ccc([N+](=O)[O-])c(OCCN(C)C2CC2)n1. The molecule has 7 heteroatoms. The molecule has 1 aliphatic carbocycles. The van der Waals surface area contributed by atoms with Crippen molar-refractivity contribution in [2.75, 3.05) is 32.6 Å². The first-order valence-electron chi connectivity index (χ1n) is 6.28. The molecular weight excluding hydrogens is 248 g/mol. The van der Waals surface area contributed by atoms with Gasteiger partial charge in [0.1, 0.15) is 12.4 Å². The lowest BCUT2D eigenvalue weighted by molar-refractivity contribution is -0.386. The number of hydrogen-bond donors (Lipinski definition) is 1. The van der Waals surface area contributed by atoms with Gasteiger partial charge >= 0.3 is 5.69 Å². The molecule has 1 aromatic rings. The molecule has 1 fully saturated rings. The number of rotatable bonds is 7. The van der Waals surface area contributed by atoms with Crippen molar-refractivity contribution in [3.8, 4) is 5.88 Å². The number of ether oxygens (including phenoxy) is 1. The van der Waals surface area contributed by atoms with E-state index < -0.39 is 4.92 Å². The van der Waals surface area contributed by atoms with E-state index in [-0.39, 0.29) is 11.6 Å². The van der Waals surface area contributed by atoms with Gasteiger partial charge in [-0.1, -0.05) is 0 Å². The Morgan fingerprint density at radius 1 is 1.58 bits per heavy atom. The van der Waals surface area contributed by atoms with Crippen LogP contribution in [-0.2, 0) is 0 Å². The zero-order valence-electron chi connectivity index (χ0n) is 11.1. The first kappa shape index (κ1) is 13.5. The number of hydrogen-bond acceptors (Lipinski definition) is 6. The Hall–Kier alpha value is -1.89. The Labute approximate surface area is 111 Å². The summed E-state index contributed by atoms with van der Waals surface area (Å²) in [7, 11) is 3.74. The number of nitro groups is 1. The van der Waals surface area contributed by atoms with Gasteiger partial charge in [-0.2, -0.15) is 4.98 Å². The van der Waals surface area contributed by atoms with Crippen LogP contribution in [0.2, 0.25) is 0 Å². The summed E-state index contributed by atoms with van der Waals surface area (Å²) in [6.07, 6.45) is 2.45. The summed E-state index contributed by atoms with van der Waals surface area (Å²) in [5.41, 5.74) is -0.104. The number of nitrogens with one attached hydrogen (secondary N) is 1. The molecule has 1 heterocycles. The molecule has 1 aromatic heterocycles. The average Bonchev–Trinajstić information content (AvgIpc) is 3.22. The largest absolute Gasteiger partial charge is 0.471 e. The zero-order chi connectivity index (χ0) is 13.8. The Balaban J connectivity index is 1.98. The lowest BCUT2D eigenvalue weighted by Gasteiger charge is -2.15. The summed E-state index contributed by atoms with van der Waals surface area (Å²) in [5.74, 6) is 0.622. The third-order valence-corrected chi connectivity index (χ3v) is 3.15. The Morgan fingerprint density at radius 2 is 2.32 bits per heavy atom. The summed E-state index contributed by atoms with van der Waals surface area (Å²) >= 11 is 0. The summed E-state index contributed by atoms with van der Waals surface area (Å²) < 4.78 is 5.46. The molecule has 0 bridgehead atoms. The van der Waals surface area contributed by atoms with Crippen LogP contribution < -0.4 is 10.1 Å². The van der Waals surface area contributed by atoms with Crippen molar-refractivity contribution in [1.29, 1.82) is 0 Å². The maximum absolute atomic E-state index is 10.9. The Morgan fingerprint density at radius 3 is 2.89 bits per heavy atom. The standard InChI is InChI=1S/C12H18N4O3/c1-13-11-6-5-10(16(17)18)12(14-11)19-8-7-15(2)9-3-4-9/h5-6,9H,3-4,7-8H2,1-2H3,(H,13,14). The summed E-state index contributed by atoms with van der Waals surface area (Å²) in [6, 6.07) is 3.61. The fourth-order valence-corrected chi connectivity index (χ4v) is 1.80. The van der Waals surface area contributed by atoms with Crippen LogP contribution in [-0.4, -0.2) is 48.1 Å². The highest BCUT2D eigenvalue weighted by Crippen LogP contribution is 2.27. The fourth-order valence-electron chi connectivity index (χ4n) is 1.80. The van der Waals surface area contributed by atoms with Crippen LogP contribution in [0.15, 0.2) is 12.1 Å². The van der Waals surface area contributed by atoms with Gasteiger partial charge in [-0.15, -0.1) is 0 Å². The molecule has 0 aromatic carbocycles. The molecule has 0 amide bonds. The van der Waals surface area contributed by atoms with Crippen molar-refractivity contribution in [2.24, 2.45) is 0 Å². The van der Waals surface area contributed by atoms with Crippen molar-refractivity contribution in [1.82, 2.24) is 9.88 Å². The normalized spacial score (nSPS) is 14.5. The lowest BCUT2D eigenvalue weighted by Crippen LogP contribution is -2.26. The predicted molar refractivity (Wildman–Crippen MR) is 71.6 cm³/mol. The molecule has 1 aliphatic rings. The molecule has 19 heavy (non-hydrogen) atoms. The molecule has 104 valence electrons. The van der Waals surface area contributed by atoms with Crippen LogP contribution in [0, 0.1) is 10.1 Å². The second-order valence-corrected chi connectivity index (χ2v) is 4.59. The van der Waals surface area contributed by atoms with Gasteiger partial charge in [-0.25, -0.2) is 0 Å². The molecule has 1 N–H and O–H groups in total. The summed E-state index contributed by atoms with van der Waals surface area (Å²) in [4.78, 5) is 16.7. The first-order chi connectivity index (χ1) is 9.11. The van der Waals surface area contributed by atoms with Gasteiger partial charge in [0.15, 0.2) is 0 Å². The van der Waals surface area contributed by atoms with Crippen LogP contribution in [0.5, 0.6) is 5.88 Å². The second kappa shape index (κ2) is 5.83. The molecule has 2 rings (SSSR count). The zero-order valence-corrected chi connectivity index (χ0v) is 11.1. The highest BCUT2D eigenvalue weighted by atomic mass is 16.6. The highest BCUT2D eigenvalue weighted by molar-refractivity contribution is 5.48. The van der Waals surface area contributed by atoms with Crippen LogP contribution in [0.3, 0.4) is 0 Å². The van der Waals surface area contributed by atoms with Crippen LogP contribution in [0.4, 0.5) is 11.5 Å². The molecule has 0 unspecified atom stereocenters. The van der Waals surface area contributed by atoms with Crippen molar-refractivity contribution < 1.29 is 9.66 Å². The third-order valence-electron chi connectivity index (χ3n) is 3.15. The van der Waals surface area contributed by atoms with E-state index in [1.54, 1.807) is 13.1 Å². The average molecular weight is 266 g/mol. The van der Waals surface area contributed by atoms with Crippen LogP contribution >= 0.6 is 0 Å². The Bertz CT molecular complexity index is 462. The van der Waals surface area contributed by atoms with E-state index in [9.17, 15) is 10.1 Å². The minimum absolute atomic E-state index is 0.0704. The predicted octanol–water partition coefficient (Wildman–Crippen LogP) is 1.50. The first-order valence-corrected chi connectivity index (χ1v) is 6.28. The second-order valence-electron chi connectivity index (χ2n) is 4.59. The molecular formula is C12H18N4O3. The van der Waals surface area contributed by atoms with Gasteiger partial charge in [0.2, 0.25) is 0 Å². The van der Waals surface area contributed by atoms with Gasteiger partial charge in [-0.3, -0.25) is 10.1 Å². The van der Waals surface area contributed by atoms with E-state index in [1.807, 2.05) is 7.05 Å². The lowest BCUT2D eigenvalue weighted by atomic mass is 10.4. The number of pyridine rings is 1. The van der Waals surface area contributed by atoms with Crippen LogP contribution in [0.1, 0.15) is 12.8 Å². The maximum atomic E-state index is 10.9. The van der Waals surface area contributed by atoms with E-state index in [2.05, 4.69) is 15.2 Å². The van der Waals surface area contributed by atoms with Crippen molar-refractivity contribution >= 4 is 11.5 Å². The quantitative estimate of drug-likeness (QED) is 0.595. The molecule has 1 saturated carbocycles. The van der Waals surface area contributed by atoms with Crippen LogP contribution in [0.25, 0.3) is 0 Å². The summed E-state index contributed by atoms with van der Waals surface area (Å²) in [5, 5.41) is 13.7. The van der Waals surface area contributed by atoms with Crippen molar-refractivity contribution in [3.63, 3.8) is 0 Å². The van der Waals surface area contributed by atoms with Gasteiger partial charge in [0.05, 0.1) is 4.92 Å². The number of likely N-dealkylation sites (N-methyl/N-ethyl adjacent to an activating group) is 1. The van der Waals surface area contributed by atoms with Crippen molar-refractivity contribution in [2.45, 2.75) is 18.9 Å². The molecule has 7 nitrogen and oxygen atoms in total. The minimum Gasteiger partial charge on any atom is -0.471 e. The van der Waals surface area contributed by atoms with E-state index in [0.29, 0.717) is 18.5 Å². The van der Waals surface area contributed by atoms with E-state index >= 15 is 0 Å². The third kappa shape index (κ3) is 3.54. The van der Waals surface area contributed by atoms with Crippen molar-refractivity contribution in [3.05, 3.63) is 22.2 Å². The Kier molecular flexibility index (Phi) is 4.16. The number of anilines is 1. The van der Waals surface area contributed by atoms with E-state index in [0.717, 1.165) is 6.54 Å². The summed E-state index contributed by atoms with van der Waals surface area (Å²) in [6.45, 7) is 1.14. The monoisotopic (exact) mass is 266 g/mol. The van der Waals surface area contributed by atoms with E-state index in [1.165, 1.54) is 18.9 Å².